The summed E-state index contributed by atoms with van der Waals surface area (Å²) >= 11 is 0. The highest BCUT2D eigenvalue weighted by atomic mass is 19.1. The number of fused-ring (bicyclic) bond motifs is 1. The lowest BCUT2D eigenvalue weighted by Gasteiger charge is -2.09. The van der Waals surface area contributed by atoms with E-state index in [9.17, 15) is 4.39 Å². The van der Waals surface area contributed by atoms with Crippen molar-refractivity contribution in [1.82, 2.24) is 10.3 Å². The summed E-state index contributed by atoms with van der Waals surface area (Å²) < 4.78 is 19.2. The van der Waals surface area contributed by atoms with E-state index in [-0.39, 0.29) is 5.82 Å². The normalized spacial score (nSPS) is 11.0. The molecule has 0 aliphatic heterocycles. The second kappa shape index (κ2) is 8.72. The number of hydrogen-bond acceptors (Lipinski definition) is 2. The van der Waals surface area contributed by atoms with E-state index >= 15 is 0 Å². The van der Waals surface area contributed by atoms with Gasteiger partial charge in [-0.25, -0.2) is 4.39 Å². The summed E-state index contributed by atoms with van der Waals surface area (Å²) in [5.41, 5.74) is 4.39. The third-order valence-electron chi connectivity index (χ3n) is 4.78. The number of halogens is 1. The van der Waals surface area contributed by atoms with Crippen molar-refractivity contribution in [3.8, 4) is 5.75 Å². The van der Waals surface area contributed by atoms with Gasteiger partial charge in [-0.05, 0) is 60.0 Å². The molecule has 142 valence electrons. The molecule has 4 rings (SSSR count). The molecular weight excluding hydrogens is 351 g/mol. The fourth-order valence-corrected chi connectivity index (χ4v) is 3.31. The van der Waals surface area contributed by atoms with Gasteiger partial charge in [0.1, 0.15) is 18.2 Å². The van der Waals surface area contributed by atoms with Crippen molar-refractivity contribution in [3.05, 3.63) is 102 Å². The molecule has 4 heteroatoms. The average Bonchev–Trinajstić information content (AvgIpc) is 3.13. The van der Waals surface area contributed by atoms with Gasteiger partial charge in [0.25, 0.3) is 0 Å². The van der Waals surface area contributed by atoms with Crippen LogP contribution in [0.25, 0.3) is 10.9 Å². The van der Waals surface area contributed by atoms with Crippen molar-refractivity contribution in [2.45, 2.75) is 19.6 Å². The molecule has 28 heavy (non-hydrogen) atoms. The zero-order valence-electron chi connectivity index (χ0n) is 15.6. The van der Waals surface area contributed by atoms with Gasteiger partial charge in [-0.15, -0.1) is 0 Å². The molecule has 0 saturated heterocycles. The molecule has 0 spiro atoms. The van der Waals surface area contributed by atoms with E-state index in [1.54, 1.807) is 0 Å². The van der Waals surface area contributed by atoms with Gasteiger partial charge in [-0.1, -0.05) is 42.5 Å². The van der Waals surface area contributed by atoms with E-state index in [4.69, 9.17) is 4.74 Å². The Morgan fingerprint density at radius 3 is 2.64 bits per heavy atom. The molecule has 1 aromatic heterocycles. The average molecular weight is 374 g/mol. The number of nitrogens with one attached hydrogen (secondary N) is 2. The van der Waals surface area contributed by atoms with E-state index in [2.05, 4.69) is 34.6 Å². The number of aromatic nitrogens is 1. The first-order valence-electron chi connectivity index (χ1n) is 9.50. The fraction of sp³-hybridized carbons (Fsp3) is 0.167. The molecule has 2 N–H and O–H groups in total. The van der Waals surface area contributed by atoms with Gasteiger partial charge in [0.15, 0.2) is 0 Å². The zero-order valence-corrected chi connectivity index (χ0v) is 15.6. The van der Waals surface area contributed by atoms with Crippen LogP contribution in [0.2, 0.25) is 0 Å². The number of rotatable bonds is 8. The molecule has 3 aromatic carbocycles. The van der Waals surface area contributed by atoms with E-state index in [0.717, 1.165) is 41.7 Å². The first-order valence-corrected chi connectivity index (χ1v) is 9.50. The molecule has 0 unspecified atom stereocenters. The molecule has 3 nitrogen and oxygen atoms in total. The molecule has 0 radical (unpaired) electrons. The molecular formula is C24H23FN2O. The number of hydrogen-bond donors (Lipinski definition) is 2. The van der Waals surface area contributed by atoms with Crippen LogP contribution >= 0.6 is 0 Å². The van der Waals surface area contributed by atoms with Gasteiger partial charge in [-0.3, -0.25) is 0 Å². The van der Waals surface area contributed by atoms with E-state index in [1.807, 2.05) is 42.6 Å². The molecule has 0 bridgehead atoms. The number of H-pyrrole nitrogens is 1. The maximum atomic E-state index is 13.3. The topological polar surface area (TPSA) is 37.0 Å². The largest absolute Gasteiger partial charge is 0.489 e. The van der Waals surface area contributed by atoms with Crippen LogP contribution in [0.5, 0.6) is 5.75 Å². The van der Waals surface area contributed by atoms with Crippen molar-refractivity contribution in [2.24, 2.45) is 0 Å². The van der Waals surface area contributed by atoms with Crippen LogP contribution in [0, 0.1) is 5.82 Å². The Morgan fingerprint density at radius 2 is 1.75 bits per heavy atom. The standard InChI is InChI=1S/C24H23FN2O/c25-21-9-10-23-20(16-27-24(23)14-21)11-12-26-15-19-7-4-8-22(13-19)28-17-18-5-2-1-3-6-18/h1-10,13-14,16,26-27H,11-12,15,17H2. The quantitative estimate of drug-likeness (QED) is 0.415. The SMILES string of the molecule is Fc1ccc2c(CCNCc3cccc(OCc4ccccc4)c3)c[nH]c2c1. The third-order valence-corrected chi connectivity index (χ3v) is 4.78. The van der Waals surface area contributed by atoms with Crippen molar-refractivity contribution < 1.29 is 9.13 Å². The molecule has 0 amide bonds. The molecule has 0 aliphatic carbocycles. The monoisotopic (exact) mass is 374 g/mol. The van der Waals surface area contributed by atoms with Crippen LogP contribution < -0.4 is 10.1 Å². The van der Waals surface area contributed by atoms with Crippen LogP contribution in [0.1, 0.15) is 16.7 Å². The van der Waals surface area contributed by atoms with Crippen LogP contribution in [-0.2, 0) is 19.6 Å². The summed E-state index contributed by atoms with van der Waals surface area (Å²) in [4.78, 5) is 3.14. The number of benzene rings is 3. The molecule has 0 fully saturated rings. The second-order valence-corrected chi connectivity index (χ2v) is 6.85. The Bertz CT molecular complexity index is 1040. The summed E-state index contributed by atoms with van der Waals surface area (Å²) in [5, 5.41) is 4.56. The Kier molecular flexibility index (Phi) is 5.69. The Hall–Kier alpha value is -3.11. The van der Waals surface area contributed by atoms with Crippen molar-refractivity contribution in [1.29, 1.82) is 0 Å². The lowest BCUT2D eigenvalue weighted by Crippen LogP contribution is -2.16. The van der Waals surface area contributed by atoms with Gasteiger partial charge in [0.2, 0.25) is 0 Å². The summed E-state index contributed by atoms with van der Waals surface area (Å²) in [6.07, 6.45) is 2.85. The van der Waals surface area contributed by atoms with Crippen LogP contribution in [0.15, 0.2) is 79.0 Å². The lowest BCUT2D eigenvalue weighted by molar-refractivity contribution is 0.306. The van der Waals surface area contributed by atoms with E-state index in [0.29, 0.717) is 6.61 Å². The smallest absolute Gasteiger partial charge is 0.125 e. The van der Waals surface area contributed by atoms with Gasteiger partial charge in [0.05, 0.1) is 0 Å². The fourth-order valence-electron chi connectivity index (χ4n) is 3.31. The second-order valence-electron chi connectivity index (χ2n) is 6.85. The Morgan fingerprint density at radius 1 is 0.893 bits per heavy atom. The summed E-state index contributed by atoms with van der Waals surface area (Å²) in [5.74, 6) is 0.662. The van der Waals surface area contributed by atoms with Crippen LogP contribution in [0.4, 0.5) is 4.39 Å². The van der Waals surface area contributed by atoms with Crippen molar-refractivity contribution >= 4 is 10.9 Å². The predicted octanol–water partition coefficient (Wildman–Crippen LogP) is 5.22. The van der Waals surface area contributed by atoms with Crippen molar-refractivity contribution in [2.75, 3.05) is 6.54 Å². The van der Waals surface area contributed by atoms with Crippen LogP contribution in [-0.4, -0.2) is 11.5 Å². The third kappa shape index (κ3) is 4.59. The minimum Gasteiger partial charge on any atom is -0.489 e. The number of aromatic amines is 1. The lowest BCUT2D eigenvalue weighted by atomic mass is 10.1. The highest BCUT2D eigenvalue weighted by Gasteiger charge is 2.04. The summed E-state index contributed by atoms with van der Waals surface area (Å²) in [6, 6.07) is 23.2. The molecule has 4 aromatic rings. The van der Waals surface area contributed by atoms with Gasteiger partial charge in [-0.2, -0.15) is 0 Å². The Balaban J connectivity index is 1.27. The Labute approximate surface area is 164 Å². The number of ether oxygens (including phenoxy) is 1. The van der Waals surface area contributed by atoms with Crippen LogP contribution in [0.3, 0.4) is 0 Å². The minimum atomic E-state index is -0.214. The first kappa shape index (κ1) is 18.3. The molecule has 1 heterocycles. The summed E-state index contributed by atoms with van der Waals surface area (Å²) in [6.45, 7) is 2.19. The maximum absolute atomic E-state index is 13.3. The molecule has 0 atom stereocenters. The summed E-state index contributed by atoms with van der Waals surface area (Å²) in [7, 11) is 0. The van der Waals surface area contributed by atoms with Gasteiger partial charge < -0.3 is 15.0 Å². The maximum Gasteiger partial charge on any atom is 0.125 e. The van der Waals surface area contributed by atoms with Gasteiger partial charge in [0, 0.05) is 23.6 Å². The molecule has 0 saturated carbocycles. The highest BCUT2D eigenvalue weighted by Crippen LogP contribution is 2.19. The van der Waals surface area contributed by atoms with Gasteiger partial charge >= 0.3 is 0 Å². The predicted molar refractivity (Wildman–Crippen MR) is 111 cm³/mol. The zero-order chi connectivity index (χ0) is 19.2. The van der Waals surface area contributed by atoms with E-state index < -0.39 is 0 Å². The minimum absolute atomic E-state index is 0.214. The van der Waals surface area contributed by atoms with Crippen molar-refractivity contribution in [3.63, 3.8) is 0 Å². The molecule has 0 aliphatic rings. The van der Waals surface area contributed by atoms with E-state index in [1.165, 1.54) is 23.3 Å². The highest BCUT2D eigenvalue weighted by molar-refractivity contribution is 5.83. The first-order chi connectivity index (χ1) is 13.8.